The van der Waals surface area contributed by atoms with Crippen molar-refractivity contribution in [1.82, 2.24) is 15.0 Å². The molecule has 20 heavy (non-hydrogen) atoms. The van der Waals surface area contributed by atoms with Crippen molar-refractivity contribution in [2.75, 3.05) is 0 Å². The summed E-state index contributed by atoms with van der Waals surface area (Å²) in [5.41, 5.74) is 7.68. The number of hydrogen-bond donors (Lipinski definition) is 2. The van der Waals surface area contributed by atoms with Crippen LogP contribution in [0.1, 0.15) is 11.4 Å². The summed E-state index contributed by atoms with van der Waals surface area (Å²) < 4.78 is 2.01. The molecule has 3 rings (SSSR count). The lowest BCUT2D eigenvalue weighted by Gasteiger charge is -2.02. The lowest BCUT2D eigenvalue weighted by Crippen LogP contribution is -2.14. The quantitative estimate of drug-likeness (QED) is 0.441. The highest BCUT2D eigenvalue weighted by molar-refractivity contribution is 8.01. The van der Waals surface area contributed by atoms with Crippen LogP contribution >= 0.6 is 23.1 Å². The maximum Gasteiger partial charge on any atom is 0.195 e. The minimum atomic E-state index is -0.0540. The molecule has 0 bridgehead atoms. The van der Waals surface area contributed by atoms with Gasteiger partial charge in [-0.25, -0.2) is 15.0 Å². The number of hydrogen-bond acceptors (Lipinski definition) is 6. The molecule has 3 N–H and O–H groups in total. The topological polar surface area (TPSA) is 88.5 Å². The molecule has 1 aromatic carbocycles. The lowest BCUT2D eigenvalue weighted by molar-refractivity contribution is 0.920. The molecule has 0 atom stereocenters. The molecular formula is C13H11N5S2. The predicted molar refractivity (Wildman–Crippen MR) is 81.5 cm³/mol. The molecule has 7 heteroatoms. The van der Waals surface area contributed by atoms with E-state index in [1.807, 2.05) is 31.2 Å². The number of rotatable bonds is 3. The third-order valence-corrected chi connectivity index (χ3v) is 4.52. The summed E-state index contributed by atoms with van der Waals surface area (Å²) in [6.07, 6.45) is 0. The van der Waals surface area contributed by atoms with Gasteiger partial charge >= 0.3 is 0 Å². The third-order valence-electron chi connectivity index (χ3n) is 2.56. The molecule has 3 aromatic rings. The van der Waals surface area contributed by atoms with Crippen molar-refractivity contribution in [3.05, 3.63) is 41.7 Å². The molecule has 0 amide bonds. The highest BCUT2D eigenvalue weighted by Crippen LogP contribution is 2.32. The van der Waals surface area contributed by atoms with E-state index in [4.69, 9.17) is 11.1 Å². The molecule has 0 fully saturated rings. The van der Waals surface area contributed by atoms with E-state index in [-0.39, 0.29) is 5.84 Å². The van der Waals surface area contributed by atoms with Crippen molar-refractivity contribution in [3.8, 4) is 0 Å². The zero-order chi connectivity index (χ0) is 14.1. The highest BCUT2D eigenvalue weighted by Gasteiger charge is 2.10. The number of benzene rings is 1. The zero-order valence-electron chi connectivity index (χ0n) is 10.6. The molecule has 0 radical (unpaired) electrons. The Bertz CT molecular complexity index is 763. The van der Waals surface area contributed by atoms with Crippen LogP contribution in [0.4, 0.5) is 0 Å². The summed E-state index contributed by atoms with van der Waals surface area (Å²) in [5, 5.41) is 8.03. The van der Waals surface area contributed by atoms with Gasteiger partial charge in [-0.05, 0) is 36.9 Å². The van der Waals surface area contributed by atoms with Crippen molar-refractivity contribution < 1.29 is 0 Å². The van der Waals surface area contributed by atoms with Gasteiger partial charge in [0, 0.05) is 5.69 Å². The second-order valence-electron chi connectivity index (χ2n) is 4.14. The van der Waals surface area contributed by atoms with Crippen LogP contribution in [0.5, 0.6) is 0 Å². The first-order valence-corrected chi connectivity index (χ1v) is 7.48. The third kappa shape index (κ3) is 2.63. The SMILES string of the molecule is Cc1cc(C(=N)N)nc(Sc2nc3ccccc3s2)n1. The first-order valence-electron chi connectivity index (χ1n) is 5.85. The minimum absolute atomic E-state index is 0.0540. The summed E-state index contributed by atoms with van der Waals surface area (Å²) in [6, 6.07) is 9.67. The first-order chi connectivity index (χ1) is 9.61. The van der Waals surface area contributed by atoms with Gasteiger partial charge in [-0.3, -0.25) is 5.41 Å². The Labute approximate surface area is 123 Å². The van der Waals surface area contributed by atoms with Gasteiger partial charge in [0.15, 0.2) is 9.50 Å². The van der Waals surface area contributed by atoms with Crippen molar-refractivity contribution in [2.45, 2.75) is 16.4 Å². The van der Waals surface area contributed by atoms with Crippen molar-refractivity contribution in [2.24, 2.45) is 5.73 Å². The predicted octanol–water partition coefficient (Wildman–Crippen LogP) is 2.83. The molecule has 0 saturated heterocycles. The van der Waals surface area contributed by atoms with E-state index in [1.54, 1.807) is 17.4 Å². The van der Waals surface area contributed by atoms with Gasteiger partial charge in [-0.15, -0.1) is 11.3 Å². The van der Waals surface area contributed by atoms with E-state index in [1.165, 1.54) is 11.8 Å². The van der Waals surface area contributed by atoms with Crippen molar-refractivity contribution >= 4 is 39.2 Å². The monoisotopic (exact) mass is 301 g/mol. The average molecular weight is 301 g/mol. The zero-order valence-corrected chi connectivity index (χ0v) is 12.3. The van der Waals surface area contributed by atoms with Crippen LogP contribution in [0, 0.1) is 12.3 Å². The number of nitrogens with one attached hydrogen (secondary N) is 1. The van der Waals surface area contributed by atoms with Crippen LogP contribution in [-0.4, -0.2) is 20.8 Å². The van der Waals surface area contributed by atoms with Gasteiger partial charge in [-0.1, -0.05) is 12.1 Å². The second-order valence-corrected chi connectivity index (χ2v) is 6.39. The molecule has 0 aliphatic heterocycles. The number of aromatic nitrogens is 3. The number of fused-ring (bicyclic) bond motifs is 1. The maximum atomic E-state index is 7.46. The van der Waals surface area contributed by atoms with Crippen LogP contribution in [-0.2, 0) is 0 Å². The Morgan fingerprint density at radius 1 is 1.25 bits per heavy atom. The van der Waals surface area contributed by atoms with Crippen LogP contribution < -0.4 is 5.73 Å². The van der Waals surface area contributed by atoms with Gasteiger partial charge in [0.1, 0.15) is 11.5 Å². The molecular weight excluding hydrogens is 290 g/mol. The molecule has 100 valence electrons. The Balaban J connectivity index is 1.96. The number of thiazole rings is 1. The molecule has 5 nitrogen and oxygen atoms in total. The minimum Gasteiger partial charge on any atom is -0.382 e. The Morgan fingerprint density at radius 3 is 2.80 bits per heavy atom. The fraction of sp³-hybridized carbons (Fsp3) is 0.0769. The Morgan fingerprint density at radius 2 is 2.05 bits per heavy atom. The molecule has 0 aliphatic rings. The van der Waals surface area contributed by atoms with Gasteiger partial charge in [-0.2, -0.15) is 0 Å². The number of nitrogens with two attached hydrogens (primary N) is 1. The molecule has 0 aliphatic carbocycles. The van der Waals surface area contributed by atoms with Gasteiger partial charge < -0.3 is 5.73 Å². The Kier molecular flexibility index (Phi) is 3.37. The fourth-order valence-corrected chi connectivity index (χ4v) is 3.69. The summed E-state index contributed by atoms with van der Waals surface area (Å²) >= 11 is 2.99. The first kappa shape index (κ1) is 13.0. The van der Waals surface area contributed by atoms with Crippen molar-refractivity contribution in [3.63, 3.8) is 0 Å². The summed E-state index contributed by atoms with van der Waals surface area (Å²) in [5.74, 6) is -0.0540. The number of para-hydroxylation sites is 1. The molecule has 0 saturated carbocycles. The second kappa shape index (κ2) is 5.18. The van der Waals surface area contributed by atoms with Crippen LogP contribution in [0.3, 0.4) is 0 Å². The summed E-state index contributed by atoms with van der Waals surface area (Å²) in [7, 11) is 0. The Hall–Kier alpha value is -1.99. The van der Waals surface area contributed by atoms with E-state index >= 15 is 0 Å². The van der Waals surface area contributed by atoms with E-state index in [9.17, 15) is 0 Å². The van der Waals surface area contributed by atoms with Crippen LogP contribution in [0.15, 0.2) is 39.8 Å². The van der Waals surface area contributed by atoms with Gasteiger partial charge in [0.2, 0.25) is 0 Å². The molecule has 0 unspecified atom stereocenters. The highest BCUT2D eigenvalue weighted by atomic mass is 32.2. The number of nitrogen functional groups attached to an aromatic ring is 1. The van der Waals surface area contributed by atoms with E-state index in [2.05, 4.69) is 15.0 Å². The summed E-state index contributed by atoms with van der Waals surface area (Å²) in [6.45, 7) is 1.86. The van der Waals surface area contributed by atoms with Crippen LogP contribution in [0.2, 0.25) is 0 Å². The number of nitrogens with zero attached hydrogens (tertiary/aromatic N) is 3. The van der Waals surface area contributed by atoms with Gasteiger partial charge in [0.05, 0.1) is 10.2 Å². The largest absolute Gasteiger partial charge is 0.382 e. The molecule has 0 spiro atoms. The van der Waals surface area contributed by atoms with E-state index in [0.29, 0.717) is 10.9 Å². The lowest BCUT2D eigenvalue weighted by atomic mass is 10.3. The molecule has 2 aromatic heterocycles. The number of aryl methyl sites for hydroxylation is 1. The summed E-state index contributed by atoms with van der Waals surface area (Å²) in [4.78, 5) is 13.1. The molecule has 2 heterocycles. The van der Waals surface area contributed by atoms with Crippen LogP contribution in [0.25, 0.3) is 10.2 Å². The average Bonchev–Trinajstić information content (AvgIpc) is 2.79. The normalized spacial score (nSPS) is 10.8. The smallest absolute Gasteiger partial charge is 0.195 e. The van der Waals surface area contributed by atoms with Gasteiger partial charge in [0.25, 0.3) is 0 Å². The maximum absolute atomic E-state index is 7.46. The number of amidine groups is 1. The standard InChI is InChI=1S/C13H11N5S2/c1-7-6-9(11(14)15)17-12(16-7)20-13-18-8-4-2-3-5-10(8)19-13/h2-6H,1H3,(H3,14,15). The fourth-order valence-electron chi connectivity index (χ4n) is 1.70. The van der Waals surface area contributed by atoms with Crippen molar-refractivity contribution in [1.29, 1.82) is 5.41 Å². The van der Waals surface area contributed by atoms with E-state index in [0.717, 1.165) is 20.3 Å². The van der Waals surface area contributed by atoms with E-state index < -0.39 is 0 Å².